The summed E-state index contributed by atoms with van der Waals surface area (Å²) in [5.41, 5.74) is 1.59. The summed E-state index contributed by atoms with van der Waals surface area (Å²) < 4.78 is 35.0. The van der Waals surface area contributed by atoms with Gasteiger partial charge >= 0.3 is 10.1 Å². The highest BCUT2D eigenvalue weighted by molar-refractivity contribution is 8.26. The van der Waals surface area contributed by atoms with Crippen molar-refractivity contribution in [2.45, 2.75) is 6.92 Å². The van der Waals surface area contributed by atoms with Gasteiger partial charge in [0.05, 0.1) is 22.8 Å². The van der Waals surface area contributed by atoms with Crippen molar-refractivity contribution in [1.82, 2.24) is 4.90 Å². The number of benzene rings is 2. The van der Waals surface area contributed by atoms with E-state index in [0.29, 0.717) is 29.3 Å². The number of anilines is 2. The van der Waals surface area contributed by atoms with E-state index in [1.165, 1.54) is 4.90 Å². The Hall–Kier alpha value is -3.26. The molecule has 3 N–H and O–H groups in total. The van der Waals surface area contributed by atoms with Crippen LogP contribution in [0.2, 0.25) is 0 Å². The number of carbonyl (C=O) groups excluding carboxylic acids is 3. The molecular formula is C23H22N3O7S3+. The number of rotatable bonds is 8. The number of thioether (sulfide) groups is 1. The molecule has 2 aliphatic heterocycles. The van der Waals surface area contributed by atoms with E-state index in [4.69, 9.17) is 21.5 Å². The second-order valence-electron chi connectivity index (χ2n) is 7.76. The summed E-state index contributed by atoms with van der Waals surface area (Å²) in [6, 6.07) is 13.6. The molecule has 0 aromatic heterocycles. The Morgan fingerprint density at radius 1 is 1.08 bits per heavy atom. The summed E-state index contributed by atoms with van der Waals surface area (Å²) in [6.45, 7) is 1.82. The van der Waals surface area contributed by atoms with Gasteiger partial charge in [0.2, 0.25) is 5.91 Å². The van der Waals surface area contributed by atoms with Crippen molar-refractivity contribution in [3.05, 3.63) is 59.0 Å². The lowest BCUT2D eigenvalue weighted by molar-refractivity contribution is -0.122. The summed E-state index contributed by atoms with van der Waals surface area (Å²) >= 11 is 6.13. The Morgan fingerprint density at radius 3 is 2.44 bits per heavy atom. The van der Waals surface area contributed by atoms with Gasteiger partial charge in [0.1, 0.15) is 22.4 Å². The number of nitrogens with zero attached hydrogens (tertiary/aromatic N) is 2. The summed E-state index contributed by atoms with van der Waals surface area (Å²) in [4.78, 5) is 41.7. The van der Waals surface area contributed by atoms with Crippen LogP contribution in [0.4, 0.5) is 11.4 Å². The van der Waals surface area contributed by atoms with Gasteiger partial charge in [-0.1, -0.05) is 42.2 Å². The molecule has 4 rings (SSSR count). The molecule has 1 saturated heterocycles. The number of thiocarbonyl (C=S) groups is 1. The van der Waals surface area contributed by atoms with Crippen molar-refractivity contribution < 1.29 is 32.1 Å². The first kappa shape index (κ1) is 25.8. The van der Waals surface area contributed by atoms with Gasteiger partial charge in [-0.3, -0.25) is 24.2 Å². The minimum absolute atomic E-state index is 0.0641. The van der Waals surface area contributed by atoms with E-state index >= 15 is 0 Å². The highest BCUT2D eigenvalue weighted by Gasteiger charge is 2.42. The third-order valence-electron chi connectivity index (χ3n) is 5.33. The second-order valence-corrected chi connectivity index (χ2v) is 11.0. The minimum Gasteiger partial charge on any atom is -0.494 e. The molecule has 0 spiro atoms. The molecule has 0 atom stereocenters. The van der Waals surface area contributed by atoms with E-state index in [1.54, 1.807) is 48.5 Å². The van der Waals surface area contributed by atoms with Gasteiger partial charge in [-0.05, 0) is 37.3 Å². The number of para-hydroxylation sites is 1. The summed E-state index contributed by atoms with van der Waals surface area (Å²) in [5.74, 6) is -1.48. The number of nitrogens with one attached hydrogen (secondary N) is 1. The maximum Gasteiger partial charge on any atom is 0.379 e. The van der Waals surface area contributed by atoms with Crippen LogP contribution in [0.15, 0.2) is 53.4 Å². The molecule has 0 unspecified atom stereocenters. The number of hydrogen-bond acceptors (Lipinski definition) is 8. The standard InChI is InChI=1S/C23H21N3O7S3/c1-2-33-15-9-7-14(8-10-15)24-18(27)13-26-17-6-4-3-5-16(17)19(21(26)28)20-22(29)25(23(34)35-20)11-12-36(30,31)32/h3-10H,2,11-13H2,1H3,(H,24,27)(H,30,31,32)/p+1/b20-19-. The smallest absolute Gasteiger partial charge is 0.379 e. The van der Waals surface area contributed by atoms with Crippen LogP contribution in [-0.4, -0.2) is 65.4 Å². The number of amides is 3. The topological polar surface area (TPSA) is 136 Å². The molecule has 0 bridgehead atoms. The molecule has 3 amide bonds. The molecular weight excluding hydrogens is 526 g/mol. The number of ether oxygens (including phenoxy) is 1. The Bertz CT molecular complexity index is 1390. The minimum atomic E-state index is -4.06. The second kappa shape index (κ2) is 10.4. The van der Waals surface area contributed by atoms with Crippen LogP contribution in [0, 0.1) is 0 Å². The van der Waals surface area contributed by atoms with E-state index in [2.05, 4.69) is 5.32 Å². The summed E-state index contributed by atoms with van der Waals surface area (Å²) in [7, 11) is -4.06. The Labute approximate surface area is 217 Å². The van der Waals surface area contributed by atoms with Crippen molar-refractivity contribution in [1.29, 1.82) is 0 Å². The molecule has 13 heteroatoms. The molecule has 1 fully saturated rings. The Balaban J connectivity index is 1.57. The van der Waals surface area contributed by atoms with E-state index in [0.717, 1.165) is 16.7 Å². The van der Waals surface area contributed by atoms with Crippen LogP contribution in [0.25, 0.3) is 5.57 Å². The lowest BCUT2D eigenvalue weighted by atomic mass is 10.1. The van der Waals surface area contributed by atoms with Gasteiger partial charge < -0.3 is 14.6 Å². The molecule has 0 radical (unpaired) electrons. The number of carbonyl (C=O) groups is 3. The van der Waals surface area contributed by atoms with Gasteiger partial charge in [0.25, 0.3) is 11.8 Å². The first-order valence-corrected chi connectivity index (χ1v) is 13.7. The maximum atomic E-state index is 13.4. The molecule has 10 nitrogen and oxygen atoms in total. The lowest BCUT2D eigenvalue weighted by Gasteiger charge is -2.17. The fourth-order valence-corrected chi connectivity index (χ4v) is 5.56. The predicted molar refractivity (Wildman–Crippen MR) is 141 cm³/mol. The molecule has 0 aliphatic carbocycles. The van der Waals surface area contributed by atoms with Crippen LogP contribution in [0.3, 0.4) is 0 Å². The first-order chi connectivity index (χ1) is 17.1. The van der Waals surface area contributed by atoms with Crippen LogP contribution >= 0.6 is 24.0 Å². The monoisotopic (exact) mass is 548 g/mol. The average molecular weight is 549 g/mol. The Kier molecular flexibility index (Phi) is 7.45. The Morgan fingerprint density at radius 2 is 1.78 bits per heavy atom. The molecule has 2 aromatic carbocycles. The van der Waals surface area contributed by atoms with Crippen LogP contribution in [0.1, 0.15) is 12.5 Å². The molecule has 0 saturated carbocycles. The van der Waals surface area contributed by atoms with Crippen molar-refractivity contribution >= 4 is 73.1 Å². The fourth-order valence-electron chi connectivity index (χ4n) is 3.76. The molecule has 188 valence electrons. The molecule has 2 aliphatic rings. The maximum absolute atomic E-state index is 13.4. The normalized spacial score (nSPS) is 17.6. The SMILES string of the molecule is CCOc1ccc(NC(=O)CN2C(=O)/C(=C3\SC(=S)N(CCS(=O)(=O)[OH2+])C3=O)c3ccccc32)cc1. The zero-order chi connectivity index (χ0) is 26.0. The van der Waals surface area contributed by atoms with Crippen molar-refractivity contribution in [2.24, 2.45) is 0 Å². The van der Waals surface area contributed by atoms with Gasteiger partial charge in [-0.15, -0.1) is 0 Å². The highest BCUT2D eigenvalue weighted by Crippen LogP contribution is 2.44. The number of hydrogen-bond donors (Lipinski definition) is 1. The van der Waals surface area contributed by atoms with Gasteiger partial charge in [-0.2, -0.15) is 8.42 Å². The predicted octanol–water partition coefficient (Wildman–Crippen LogP) is 1.70. The quantitative estimate of drug-likeness (QED) is 0.299. The number of fused-ring (bicyclic) bond motifs is 1. The van der Waals surface area contributed by atoms with Crippen molar-refractivity contribution in [3.63, 3.8) is 0 Å². The zero-order valence-electron chi connectivity index (χ0n) is 19.0. The lowest BCUT2D eigenvalue weighted by Crippen LogP contribution is -2.36. The first-order valence-electron chi connectivity index (χ1n) is 10.8. The van der Waals surface area contributed by atoms with Crippen LogP contribution in [0.5, 0.6) is 5.75 Å². The molecule has 2 aromatic rings. The molecule has 2 heterocycles. The van der Waals surface area contributed by atoms with E-state index in [1.807, 2.05) is 6.92 Å². The van der Waals surface area contributed by atoms with Gasteiger partial charge in [0.15, 0.2) is 0 Å². The van der Waals surface area contributed by atoms with Crippen LogP contribution in [-0.2, 0) is 24.5 Å². The van der Waals surface area contributed by atoms with Gasteiger partial charge in [0, 0.05) is 17.8 Å². The van der Waals surface area contributed by atoms with Crippen molar-refractivity contribution in [2.75, 3.05) is 35.7 Å². The van der Waals surface area contributed by atoms with E-state index in [9.17, 15) is 22.8 Å². The summed E-state index contributed by atoms with van der Waals surface area (Å²) in [6.07, 6.45) is 0. The third-order valence-corrected chi connectivity index (χ3v) is 7.50. The highest BCUT2D eigenvalue weighted by atomic mass is 32.2. The summed E-state index contributed by atoms with van der Waals surface area (Å²) in [5, 5.41) is 2.75. The van der Waals surface area contributed by atoms with Crippen molar-refractivity contribution in [3.8, 4) is 5.75 Å². The van der Waals surface area contributed by atoms with E-state index < -0.39 is 33.6 Å². The van der Waals surface area contributed by atoms with Gasteiger partial charge in [-0.25, -0.2) is 0 Å². The fraction of sp³-hybridized carbons (Fsp3) is 0.217. The third kappa shape index (κ3) is 5.43. The van der Waals surface area contributed by atoms with Crippen LogP contribution < -0.4 is 15.0 Å². The molecule has 36 heavy (non-hydrogen) atoms. The zero-order valence-corrected chi connectivity index (χ0v) is 21.5. The largest absolute Gasteiger partial charge is 0.494 e. The van der Waals surface area contributed by atoms with E-state index in [-0.39, 0.29) is 27.9 Å². The average Bonchev–Trinajstić information content (AvgIpc) is 3.25.